The monoisotopic (exact) mass is 353 g/mol. The van der Waals surface area contributed by atoms with Crippen LogP contribution in [-0.2, 0) is 9.59 Å². The number of aryl methyl sites for hydroxylation is 2. The van der Waals surface area contributed by atoms with E-state index in [2.05, 4.69) is 10.3 Å². The standard InChI is InChI=1S/C20H23N3O3/c1-14-3-7-18(21-13-14)22-20(25)16-9-11-23(12-10-16)19(24)8-6-17-5-4-15(2)26-17/h3-8,13,16H,9-12H2,1-2H3,(H,21,22,25)/b8-6+. The minimum atomic E-state index is -0.0983. The average Bonchev–Trinajstić information content (AvgIpc) is 3.07. The lowest BCUT2D eigenvalue weighted by molar-refractivity contribution is -0.130. The number of pyridine rings is 1. The summed E-state index contributed by atoms with van der Waals surface area (Å²) in [6.07, 6.45) is 6.23. The molecule has 6 heteroatoms. The highest BCUT2D eigenvalue weighted by Crippen LogP contribution is 2.20. The zero-order valence-electron chi connectivity index (χ0n) is 15.1. The maximum absolute atomic E-state index is 12.4. The summed E-state index contributed by atoms with van der Waals surface area (Å²) in [6, 6.07) is 7.40. The van der Waals surface area contributed by atoms with Crippen LogP contribution in [0.2, 0.25) is 0 Å². The summed E-state index contributed by atoms with van der Waals surface area (Å²) in [5.74, 6) is 1.85. The van der Waals surface area contributed by atoms with Gasteiger partial charge in [-0.2, -0.15) is 0 Å². The molecule has 0 radical (unpaired) electrons. The number of anilines is 1. The van der Waals surface area contributed by atoms with E-state index < -0.39 is 0 Å². The van der Waals surface area contributed by atoms with Gasteiger partial charge in [0.25, 0.3) is 0 Å². The van der Waals surface area contributed by atoms with Gasteiger partial charge in [0, 0.05) is 31.3 Å². The third-order valence-electron chi connectivity index (χ3n) is 4.49. The Labute approximate surface area is 152 Å². The minimum Gasteiger partial charge on any atom is -0.462 e. The van der Waals surface area contributed by atoms with Crippen molar-refractivity contribution in [2.45, 2.75) is 26.7 Å². The van der Waals surface area contributed by atoms with E-state index >= 15 is 0 Å². The van der Waals surface area contributed by atoms with Crippen molar-refractivity contribution in [1.29, 1.82) is 0 Å². The maximum Gasteiger partial charge on any atom is 0.246 e. The van der Waals surface area contributed by atoms with Crippen LogP contribution in [0.3, 0.4) is 0 Å². The predicted octanol–water partition coefficient (Wildman–Crippen LogP) is 3.18. The van der Waals surface area contributed by atoms with Crippen molar-refractivity contribution in [3.05, 3.63) is 53.6 Å². The van der Waals surface area contributed by atoms with Gasteiger partial charge in [-0.15, -0.1) is 0 Å². The molecular weight excluding hydrogens is 330 g/mol. The summed E-state index contributed by atoms with van der Waals surface area (Å²) in [4.78, 5) is 30.6. The van der Waals surface area contributed by atoms with Crippen molar-refractivity contribution >= 4 is 23.7 Å². The van der Waals surface area contributed by atoms with Gasteiger partial charge in [0.2, 0.25) is 11.8 Å². The first kappa shape index (κ1) is 17.9. The Morgan fingerprint density at radius 1 is 1.19 bits per heavy atom. The molecule has 2 aromatic heterocycles. The topological polar surface area (TPSA) is 75.4 Å². The number of nitrogens with one attached hydrogen (secondary N) is 1. The van der Waals surface area contributed by atoms with Crippen LogP contribution in [0, 0.1) is 19.8 Å². The third-order valence-corrected chi connectivity index (χ3v) is 4.49. The van der Waals surface area contributed by atoms with Gasteiger partial charge in [-0.3, -0.25) is 9.59 Å². The first-order chi connectivity index (χ1) is 12.5. The Bertz CT molecular complexity index is 800. The molecule has 1 aliphatic heterocycles. The predicted molar refractivity (Wildman–Crippen MR) is 99.4 cm³/mol. The van der Waals surface area contributed by atoms with Crippen LogP contribution in [0.1, 0.15) is 29.9 Å². The fourth-order valence-corrected chi connectivity index (χ4v) is 2.93. The van der Waals surface area contributed by atoms with Crippen molar-refractivity contribution in [3.63, 3.8) is 0 Å². The lowest BCUT2D eigenvalue weighted by Gasteiger charge is -2.30. The smallest absolute Gasteiger partial charge is 0.246 e. The van der Waals surface area contributed by atoms with Gasteiger partial charge in [-0.1, -0.05) is 6.07 Å². The number of aromatic nitrogens is 1. The largest absolute Gasteiger partial charge is 0.462 e. The molecule has 1 N–H and O–H groups in total. The van der Waals surface area contributed by atoms with Crippen LogP contribution < -0.4 is 5.32 Å². The van der Waals surface area contributed by atoms with Crippen LogP contribution in [-0.4, -0.2) is 34.8 Å². The lowest BCUT2D eigenvalue weighted by atomic mass is 9.96. The molecule has 136 valence electrons. The number of nitrogens with zero attached hydrogens (tertiary/aromatic N) is 2. The van der Waals surface area contributed by atoms with E-state index in [-0.39, 0.29) is 17.7 Å². The fraction of sp³-hybridized carbons (Fsp3) is 0.350. The Hall–Kier alpha value is -2.89. The number of piperidine rings is 1. The molecule has 0 unspecified atom stereocenters. The van der Waals surface area contributed by atoms with Gasteiger partial charge < -0.3 is 14.6 Å². The summed E-state index contributed by atoms with van der Waals surface area (Å²) >= 11 is 0. The van der Waals surface area contributed by atoms with E-state index in [1.807, 2.05) is 32.0 Å². The summed E-state index contributed by atoms with van der Waals surface area (Å²) < 4.78 is 5.42. The molecule has 0 atom stereocenters. The number of furan rings is 1. The molecule has 2 aromatic rings. The van der Waals surface area contributed by atoms with Gasteiger partial charge >= 0.3 is 0 Å². The molecule has 0 saturated carbocycles. The number of likely N-dealkylation sites (tertiary alicyclic amines) is 1. The van der Waals surface area contributed by atoms with Gasteiger partial charge in [0.1, 0.15) is 17.3 Å². The van der Waals surface area contributed by atoms with E-state index in [0.29, 0.717) is 37.5 Å². The molecule has 0 aromatic carbocycles. The number of hydrogen-bond donors (Lipinski definition) is 1. The maximum atomic E-state index is 12.4. The molecule has 0 bridgehead atoms. The number of carbonyl (C=O) groups is 2. The quantitative estimate of drug-likeness (QED) is 0.857. The van der Waals surface area contributed by atoms with Crippen molar-refractivity contribution in [1.82, 2.24) is 9.88 Å². The summed E-state index contributed by atoms with van der Waals surface area (Å²) in [7, 11) is 0. The highest BCUT2D eigenvalue weighted by molar-refractivity contribution is 5.93. The number of rotatable bonds is 4. The fourth-order valence-electron chi connectivity index (χ4n) is 2.93. The van der Waals surface area contributed by atoms with Crippen LogP contribution in [0.15, 0.2) is 41.0 Å². The average molecular weight is 353 g/mol. The number of hydrogen-bond acceptors (Lipinski definition) is 4. The molecule has 26 heavy (non-hydrogen) atoms. The van der Waals surface area contributed by atoms with Crippen molar-refractivity contribution in [2.24, 2.45) is 5.92 Å². The molecule has 0 spiro atoms. The molecule has 2 amide bonds. The summed E-state index contributed by atoms with van der Waals surface area (Å²) in [5.41, 5.74) is 1.05. The second-order valence-corrected chi connectivity index (χ2v) is 6.59. The number of amides is 2. The molecular formula is C20H23N3O3. The lowest BCUT2D eigenvalue weighted by Crippen LogP contribution is -2.40. The second-order valence-electron chi connectivity index (χ2n) is 6.59. The van der Waals surface area contributed by atoms with E-state index in [0.717, 1.165) is 11.3 Å². The second kappa shape index (κ2) is 7.99. The summed E-state index contributed by atoms with van der Waals surface area (Å²) in [5, 5.41) is 2.85. The van der Waals surface area contributed by atoms with Crippen LogP contribution in [0.25, 0.3) is 6.08 Å². The van der Waals surface area contributed by atoms with Crippen LogP contribution in [0.5, 0.6) is 0 Å². The Balaban J connectivity index is 1.48. The first-order valence-electron chi connectivity index (χ1n) is 8.78. The highest BCUT2D eigenvalue weighted by Gasteiger charge is 2.26. The molecule has 6 nitrogen and oxygen atoms in total. The van der Waals surface area contributed by atoms with E-state index in [1.165, 1.54) is 6.08 Å². The van der Waals surface area contributed by atoms with E-state index in [4.69, 9.17) is 4.42 Å². The zero-order valence-corrected chi connectivity index (χ0v) is 15.1. The Kier molecular flexibility index (Phi) is 5.51. The zero-order chi connectivity index (χ0) is 18.5. The van der Waals surface area contributed by atoms with E-state index in [9.17, 15) is 9.59 Å². The molecule has 3 rings (SSSR count). The molecule has 0 aliphatic carbocycles. The van der Waals surface area contributed by atoms with Gasteiger partial charge in [-0.25, -0.2) is 4.98 Å². The molecule has 3 heterocycles. The van der Waals surface area contributed by atoms with Crippen molar-refractivity contribution in [3.8, 4) is 0 Å². The Morgan fingerprint density at radius 3 is 2.58 bits per heavy atom. The molecule has 1 aliphatic rings. The van der Waals surface area contributed by atoms with Crippen molar-refractivity contribution in [2.75, 3.05) is 18.4 Å². The van der Waals surface area contributed by atoms with Crippen LogP contribution in [0.4, 0.5) is 5.82 Å². The number of carbonyl (C=O) groups excluding carboxylic acids is 2. The SMILES string of the molecule is Cc1ccc(NC(=O)C2CCN(C(=O)/C=C/c3ccc(C)o3)CC2)nc1. The van der Waals surface area contributed by atoms with Gasteiger partial charge in [-0.05, 0) is 56.5 Å². The third kappa shape index (κ3) is 4.59. The molecule has 1 saturated heterocycles. The van der Waals surface area contributed by atoms with E-state index in [1.54, 1.807) is 23.2 Å². The van der Waals surface area contributed by atoms with Crippen molar-refractivity contribution < 1.29 is 14.0 Å². The highest BCUT2D eigenvalue weighted by atomic mass is 16.3. The normalized spacial score (nSPS) is 15.4. The molecule has 1 fully saturated rings. The Morgan fingerprint density at radius 2 is 1.96 bits per heavy atom. The minimum absolute atomic E-state index is 0.0324. The first-order valence-corrected chi connectivity index (χ1v) is 8.78. The summed E-state index contributed by atoms with van der Waals surface area (Å²) in [6.45, 7) is 4.95. The van der Waals surface area contributed by atoms with Gasteiger partial charge in [0.15, 0.2) is 0 Å². The van der Waals surface area contributed by atoms with Gasteiger partial charge in [0.05, 0.1) is 0 Å². The van der Waals surface area contributed by atoms with Crippen LogP contribution >= 0.6 is 0 Å².